The van der Waals surface area contributed by atoms with Crippen molar-refractivity contribution in [2.24, 2.45) is 5.14 Å². The molecule has 0 aliphatic heterocycles. The van der Waals surface area contributed by atoms with Crippen LogP contribution in [-0.4, -0.2) is 14.3 Å². The van der Waals surface area contributed by atoms with E-state index in [0.29, 0.717) is 16.1 Å². The summed E-state index contributed by atoms with van der Waals surface area (Å²) in [7, 11) is -3.80. The number of hydrogen-bond acceptors (Lipinski definition) is 4. The van der Waals surface area contributed by atoms with Crippen LogP contribution in [0, 0.1) is 6.92 Å². The number of carbonyl (C=O) groups excluding carboxylic acids is 1. The van der Waals surface area contributed by atoms with Crippen molar-refractivity contribution < 1.29 is 13.2 Å². The molecule has 0 saturated heterocycles. The molecule has 0 fully saturated rings. The average Bonchev–Trinajstić information content (AvgIpc) is 2.88. The van der Waals surface area contributed by atoms with E-state index in [0.717, 1.165) is 11.3 Å². The Labute approximate surface area is 127 Å². The first-order valence-electron chi connectivity index (χ1n) is 6.35. The van der Waals surface area contributed by atoms with Crippen LogP contribution in [0.15, 0.2) is 35.2 Å². The minimum Gasteiger partial charge on any atom is -0.321 e. The Kier molecular flexibility index (Phi) is 4.46. The van der Waals surface area contributed by atoms with Crippen LogP contribution in [0.5, 0.6) is 0 Å². The fourth-order valence-corrected chi connectivity index (χ4v) is 3.58. The number of rotatable bonds is 4. The van der Waals surface area contributed by atoms with Gasteiger partial charge in [0, 0.05) is 10.6 Å². The summed E-state index contributed by atoms with van der Waals surface area (Å²) in [6, 6.07) is 8.29. The van der Waals surface area contributed by atoms with Crippen molar-refractivity contribution in [1.29, 1.82) is 0 Å². The van der Waals surface area contributed by atoms with Crippen LogP contribution in [0.3, 0.4) is 0 Å². The number of thiophene rings is 1. The van der Waals surface area contributed by atoms with Gasteiger partial charge in [-0.2, -0.15) is 0 Å². The van der Waals surface area contributed by atoms with Crippen molar-refractivity contribution in [3.05, 3.63) is 45.6 Å². The quantitative estimate of drug-likeness (QED) is 0.905. The monoisotopic (exact) mass is 324 g/mol. The summed E-state index contributed by atoms with van der Waals surface area (Å²) in [5.41, 5.74) is 0.874. The minimum absolute atomic E-state index is 0.0146. The molecule has 0 spiro atoms. The number of aryl methyl sites for hydroxylation is 1. The topological polar surface area (TPSA) is 89.3 Å². The van der Waals surface area contributed by atoms with Gasteiger partial charge in [0.25, 0.3) is 5.91 Å². The van der Waals surface area contributed by atoms with E-state index in [-0.39, 0.29) is 10.8 Å². The molecule has 0 aliphatic carbocycles. The van der Waals surface area contributed by atoms with Gasteiger partial charge in [0.2, 0.25) is 10.0 Å². The SMILES string of the molecule is CCc1ccc(C(=O)Nc2cccc(S(N)(=O)=O)c2C)s1. The number of sulfonamides is 1. The molecule has 1 aromatic carbocycles. The largest absolute Gasteiger partial charge is 0.321 e. The molecule has 7 heteroatoms. The van der Waals surface area contributed by atoms with Crippen LogP contribution in [-0.2, 0) is 16.4 Å². The summed E-state index contributed by atoms with van der Waals surface area (Å²) in [5, 5.41) is 7.88. The Hall–Kier alpha value is -1.70. The van der Waals surface area contributed by atoms with Crippen LogP contribution in [0.4, 0.5) is 5.69 Å². The lowest BCUT2D eigenvalue weighted by molar-refractivity contribution is 0.103. The highest BCUT2D eigenvalue weighted by molar-refractivity contribution is 7.89. The third-order valence-electron chi connectivity index (χ3n) is 3.07. The number of hydrogen-bond donors (Lipinski definition) is 2. The molecule has 3 N–H and O–H groups in total. The number of anilines is 1. The summed E-state index contributed by atoms with van der Waals surface area (Å²) < 4.78 is 22.9. The maximum Gasteiger partial charge on any atom is 0.265 e. The molecule has 2 aromatic rings. The van der Waals surface area contributed by atoms with Crippen LogP contribution in [0.2, 0.25) is 0 Å². The highest BCUT2D eigenvalue weighted by atomic mass is 32.2. The van der Waals surface area contributed by atoms with Gasteiger partial charge in [0.05, 0.1) is 9.77 Å². The second-order valence-corrected chi connectivity index (χ2v) is 7.25. The Balaban J connectivity index is 2.30. The van der Waals surface area contributed by atoms with Gasteiger partial charge in [0.1, 0.15) is 0 Å². The number of carbonyl (C=O) groups is 1. The molecule has 2 rings (SSSR count). The lowest BCUT2D eigenvalue weighted by atomic mass is 10.2. The highest BCUT2D eigenvalue weighted by Crippen LogP contribution is 2.24. The average molecular weight is 324 g/mol. The first kappa shape index (κ1) is 15.7. The van der Waals surface area contributed by atoms with Gasteiger partial charge >= 0.3 is 0 Å². The lowest BCUT2D eigenvalue weighted by Gasteiger charge is -2.10. The van der Waals surface area contributed by atoms with Crippen molar-refractivity contribution in [2.45, 2.75) is 25.2 Å². The molecule has 112 valence electrons. The van der Waals surface area contributed by atoms with Gasteiger partial charge in [-0.05, 0) is 43.2 Å². The predicted molar refractivity (Wildman–Crippen MR) is 84.2 cm³/mol. The Morgan fingerprint density at radius 2 is 2.00 bits per heavy atom. The molecule has 0 unspecified atom stereocenters. The Morgan fingerprint density at radius 3 is 2.57 bits per heavy atom. The third-order valence-corrected chi connectivity index (χ3v) is 5.36. The van der Waals surface area contributed by atoms with E-state index in [1.165, 1.54) is 17.4 Å². The van der Waals surface area contributed by atoms with Crippen LogP contribution in [0.1, 0.15) is 27.0 Å². The summed E-state index contributed by atoms with van der Waals surface area (Å²) >= 11 is 1.42. The molecule has 0 radical (unpaired) electrons. The summed E-state index contributed by atoms with van der Waals surface area (Å²) in [4.78, 5) is 13.9. The van der Waals surface area contributed by atoms with Crippen LogP contribution in [0.25, 0.3) is 0 Å². The number of nitrogens with one attached hydrogen (secondary N) is 1. The van der Waals surface area contributed by atoms with Crippen molar-refractivity contribution in [3.63, 3.8) is 0 Å². The number of benzene rings is 1. The maximum atomic E-state index is 12.2. The molecular formula is C14H16N2O3S2. The molecule has 0 aliphatic rings. The van der Waals surface area contributed by atoms with Crippen molar-refractivity contribution in [1.82, 2.24) is 0 Å². The van der Waals surface area contributed by atoms with Crippen LogP contribution >= 0.6 is 11.3 Å². The van der Waals surface area contributed by atoms with Gasteiger partial charge in [-0.15, -0.1) is 11.3 Å². The first-order valence-corrected chi connectivity index (χ1v) is 8.71. The predicted octanol–water partition coefficient (Wildman–Crippen LogP) is 2.52. The summed E-state index contributed by atoms with van der Waals surface area (Å²) in [6.07, 6.45) is 0.873. The molecule has 0 bridgehead atoms. The number of nitrogens with two attached hydrogens (primary N) is 1. The van der Waals surface area contributed by atoms with E-state index in [2.05, 4.69) is 5.32 Å². The maximum absolute atomic E-state index is 12.2. The van der Waals surface area contributed by atoms with Gasteiger partial charge in [-0.3, -0.25) is 4.79 Å². The van der Waals surface area contributed by atoms with E-state index >= 15 is 0 Å². The molecule has 1 amide bonds. The fraction of sp³-hybridized carbons (Fsp3) is 0.214. The first-order chi connectivity index (χ1) is 9.82. The van der Waals surface area contributed by atoms with Gasteiger partial charge in [-0.1, -0.05) is 13.0 Å². The third kappa shape index (κ3) is 3.49. The summed E-state index contributed by atoms with van der Waals surface area (Å²) in [5.74, 6) is -0.255. The zero-order valence-corrected chi connectivity index (χ0v) is 13.3. The molecule has 1 aromatic heterocycles. The second kappa shape index (κ2) is 5.97. The van der Waals surface area contributed by atoms with E-state index in [9.17, 15) is 13.2 Å². The minimum atomic E-state index is -3.80. The van der Waals surface area contributed by atoms with Crippen LogP contribution < -0.4 is 10.5 Å². The molecule has 0 atom stereocenters. The molecule has 1 heterocycles. The second-order valence-electron chi connectivity index (χ2n) is 4.55. The molecule has 0 saturated carbocycles. The zero-order chi connectivity index (χ0) is 15.6. The standard InChI is InChI=1S/C14H16N2O3S2/c1-3-10-7-8-12(20-10)14(17)16-11-5-4-6-13(9(11)2)21(15,18)19/h4-8H,3H2,1-2H3,(H,16,17)(H2,15,18,19). The lowest BCUT2D eigenvalue weighted by Crippen LogP contribution is -2.16. The normalized spacial score (nSPS) is 11.4. The number of amides is 1. The molecule has 21 heavy (non-hydrogen) atoms. The van der Waals surface area contributed by atoms with Gasteiger partial charge in [0.15, 0.2) is 0 Å². The molecular weight excluding hydrogens is 308 g/mol. The zero-order valence-electron chi connectivity index (χ0n) is 11.7. The Bertz CT molecular complexity index is 779. The van der Waals surface area contributed by atoms with Crippen molar-refractivity contribution in [3.8, 4) is 0 Å². The summed E-state index contributed by atoms with van der Waals surface area (Å²) in [6.45, 7) is 3.63. The number of primary sulfonamides is 1. The van der Waals surface area contributed by atoms with E-state index < -0.39 is 10.0 Å². The Morgan fingerprint density at radius 1 is 1.29 bits per heavy atom. The van der Waals surface area contributed by atoms with Gasteiger partial charge in [-0.25, -0.2) is 13.6 Å². The van der Waals surface area contributed by atoms with Crippen molar-refractivity contribution in [2.75, 3.05) is 5.32 Å². The molecule has 5 nitrogen and oxygen atoms in total. The van der Waals surface area contributed by atoms with Crippen molar-refractivity contribution >= 4 is 33.0 Å². The smallest absolute Gasteiger partial charge is 0.265 e. The van der Waals surface area contributed by atoms with E-state index in [4.69, 9.17) is 5.14 Å². The van der Waals surface area contributed by atoms with Gasteiger partial charge < -0.3 is 5.32 Å². The highest BCUT2D eigenvalue weighted by Gasteiger charge is 2.16. The van der Waals surface area contributed by atoms with E-state index in [1.54, 1.807) is 25.1 Å². The fourth-order valence-electron chi connectivity index (χ4n) is 1.93. The van der Waals surface area contributed by atoms with E-state index in [1.807, 2.05) is 13.0 Å².